The van der Waals surface area contributed by atoms with Crippen LogP contribution in [0.15, 0.2) is 29.4 Å². The number of rotatable bonds is 5. The number of aromatic nitrogens is 1. The lowest BCUT2D eigenvalue weighted by atomic mass is 10.2. The zero-order chi connectivity index (χ0) is 10.4. The quantitative estimate of drug-likeness (QED) is 0.723. The molecule has 14 heavy (non-hydrogen) atoms. The van der Waals surface area contributed by atoms with E-state index < -0.39 is 0 Å². The molecule has 0 aliphatic heterocycles. The largest absolute Gasteiger partial charge is 0.298 e. The van der Waals surface area contributed by atoms with E-state index in [9.17, 15) is 4.79 Å². The Hall–Kier alpha value is -0.480. The molecule has 0 saturated carbocycles. The summed E-state index contributed by atoms with van der Waals surface area (Å²) in [5.74, 6) is 0.290. The van der Waals surface area contributed by atoms with Crippen LogP contribution in [-0.4, -0.2) is 16.0 Å². The maximum Gasteiger partial charge on any atom is 0.146 e. The van der Waals surface area contributed by atoms with Crippen molar-refractivity contribution in [2.75, 3.05) is 0 Å². The smallest absolute Gasteiger partial charge is 0.146 e. The Morgan fingerprint density at radius 2 is 2.36 bits per heavy atom. The van der Waals surface area contributed by atoms with E-state index in [1.54, 1.807) is 27.8 Å². The van der Waals surface area contributed by atoms with Gasteiger partial charge in [0, 0.05) is 12.6 Å². The summed E-state index contributed by atoms with van der Waals surface area (Å²) in [5.41, 5.74) is 0. The average molecular weight is 227 g/mol. The molecule has 1 heterocycles. The van der Waals surface area contributed by atoms with Crippen LogP contribution >= 0.6 is 21.6 Å². The van der Waals surface area contributed by atoms with Gasteiger partial charge in [-0.3, -0.25) is 4.79 Å². The summed E-state index contributed by atoms with van der Waals surface area (Å²) in [7, 11) is 3.12. The van der Waals surface area contributed by atoms with E-state index in [0.29, 0.717) is 12.2 Å². The van der Waals surface area contributed by atoms with Crippen molar-refractivity contribution in [1.29, 1.82) is 0 Å². The topological polar surface area (TPSA) is 30.0 Å². The first-order chi connectivity index (χ1) is 6.74. The molecule has 0 aliphatic rings. The summed E-state index contributed by atoms with van der Waals surface area (Å²) in [6.07, 6.45) is 2.37. The lowest BCUT2D eigenvalue weighted by Crippen LogP contribution is -2.09. The van der Waals surface area contributed by atoms with Gasteiger partial charge in [0.25, 0.3) is 0 Å². The van der Waals surface area contributed by atoms with Crippen molar-refractivity contribution in [2.24, 2.45) is 0 Å². The number of nitrogens with zero attached hydrogens (tertiary/aromatic N) is 1. The zero-order valence-corrected chi connectivity index (χ0v) is 9.90. The molecule has 76 valence electrons. The number of hydrogen-bond acceptors (Lipinski definition) is 4. The van der Waals surface area contributed by atoms with E-state index in [1.807, 2.05) is 32.0 Å². The SMILES string of the molecule is CCC(=O)C(C)SSc1ccccn1. The van der Waals surface area contributed by atoms with Gasteiger partial charge in [-0.15, -0.1) is 0 Å². The summed E-state index contributed by atoms with van der Waals surface area (Å²) < 4.78 is 0. The van der Waals surface area contributed by atoms with Gasteiger partial charge in [0.15, 0.2) is 0 Å². The first kappa shape index (κ1) is 11.6. The number of hydrogen-bond donors (Lipinski definition) is 0. The summed E-state index contributed by atoms with van der Waals surface area (Å²) in [5, 5.41) is 1.00. The lowest BCUT2D eigenvalue weighted by molar-refractivity contribution is -0.117. The number of ketones is 1. The molecule has 1 aromatic rings. The van der Waals surface area contributed by atoms with Crippen LogP contribution in [0.5, 0.6) is 0 Å². The van der Waals surface area contributed by atoms with Crippen molar-refractivity contribution < 1.29 is 4.79 Å². The molecule has 0 aromatic carbocycles. The van der Waals surface area contributed by atoms with Gasteiger partial charge >= 0.3 is 0 Å². The van der Waals surface area contributed by atoms with Gasteiger partial charge in [-0.2, -0.15) is 0 Å². The highest BCUT2D eigenvalue weighted by Crippen LogP contribution is 2.33. The van der Waals surface area contributed by atoms with Gasteiger partial charge in [0.05, 0.1) is 5.25 Å². The second-order valence-electron chi connectivity index (χ2n) is 2.81. The minimum absolute atomic E-state index is 0.0482. The fourth-order valence-corrected chi connectivity index (χ4v) is 2.96. The van der Waals surface area contributed by atoms with Gasteiger partial charge in [0.1, 0.15) is 10.8 Å². The minimum atomic E-state index is 0.0482. The fraction of sp³-hybridized carbons (Fsp3) is 0.400. The Kier molecular flexibility index (Phi) is 5.04. The Bertz CT molecular complexity index is 289. The van der Waals surface area contributed by atoms with Crippen molar-refractivity contribution in [3.8, 4) is 0 Å². The maximum absolute atomic E-state index is 11.3. The molecule has 1 unspecified atom stereocenters. The lowest BCUT2D eigenvalue weighted by Gasteiger charge is -2.06. The monoisotopic (exact) mass is 227 g/mol. The molecular weight excluding hydrogens is 214 g/mol. The maximum atomic E-state index is 11.3. The van der Waals surface area contributed by atoms with Crippen molar-refractivity contribution in [3.63, 3.8) is 0 Å². The molecule has 4 heteroatoms. The molecule has 0 N–H and O–H groups in total. The third-order valence-electron chi connectivity index (χ3n) is 1.72. The molecule has 1 rings (SSSR count). The highest BCUT2D eigenvalue weighted by molar-refractivity contribution is 8.77. The molecule has 1 atom stereocenters. The van der Waals surface area contributed by atoms with Crippen molar-refractivity contribution in [2.45, 2.75) is 30.5 Å². The first-order valence-electron chi connectivity index (χ1n) is 4.51. The molecule has 0 fully saturated rings. The van der Waals surface area contributed by atoms with E-state index >= 15 is 0 Å². The third-order valence-corrected chi connectivity index (χ3v) is 4.44. The summed E-state index contributed by atoms with van der Waals surface area (Å²) in [4.78, 5) is 15.4. The van der Waals surface area contributed by atoms with Crippen molar-refractivity contribution in [3.05, 3.63) is 24.4 Å². The molecule has 0 aliphatic carbocycles. The number of Topliss-reactive ketones (excluding diaryl/α,β-unsaturated/α-hetero) is 1. The fourth-order valence-electron chi connectivity index (χ4n) is 0.859. The molecule has 1 aromatic heterocycles. The molecule has 0 radical (unpaired) electrons. The molecule has 0 amide bonds. The van der Waals surface area contributed by atoms with Crippen molar-refractivity contribution >= 4 is 27.4 Å². The predicted molar refractivity (Wildman–Crippen MR) is 62.4 cm³/mol. The van der Waals surface area contributed by atoms with Crippen LogP contribution in [0.4, 0.5) is 0 Å². The van der Waals surface area contributed by atoms with E-state index in [-0.39, 0.29) is 5.25 Å². The Labute approximate surface area is 92.3 Å². The normalized spacial score (nSPS) is 12.4. The van der Waals surface area contributed by atoms with Gasteiger partial charge in [0.2, 0.25) is 0 Å². The summed E-state index contributed by atoms with van der Waals surface area (Å²) >= 11 is 0. The van der Waals surface area contributed by atoms with Crippen molar-refractivity contribution in [1.82, 2.24) is 4.98 Å². The van der Waals surface area contributed by atoms with Crippen LogP contribution in [0.2, 0.25) is 0 Å². The van der Waals surface area contributed by atoms with Crippen LogP contribution in [0.1, 0.15) is 20.3 Å². The number of carbonyl (C=O) groups is 1. The molecule has 0 saturated heterocycles. The summed E-state index contributed by atoms with van der Waals surface area (Å²) in [6, 6.07) is 5.78. The van der Waals surface area contributed by atoms with Crippen LogP contribution < -0.4 is 0 Å². The third kappa shape index (κ3) is 3.72. The highest BCUT2D eigenvalue weighted by atomic mass is 33.1. The second-order valence-corrected chi connectivity index (χ2v) is 5.37. The standard InChI is InChI=1S/C10H13NOS2/c1-3-9(12)8(2)13-14-10-6-4-5-7-11-10/h4-8H,3H2,1-2H3. The van der Waals surface area contributed by atoms with Gasteiger partial charge < -0.3 is 0 Å². The molecular formula is C10H13NOS2. The van der Waals surface area contributed by atoms with Crippen LogP contribution in [0, 0.1) is 0 Å². The Morgan fingerprint density at radius 1 is 1.57 bits per heavy atom. The van der Waals surface area contributed by atoms with E-state index in [0.717, 1.165) is 5.03 Å². The van der Waals surface area contributed by atoms with Gasteiger partial charge in [-0.05, 0) is 29.9 Å². The van der Waals surface area contributed by atoms with Crippen LogP contribution in [0.25, 0.3) is 0 Å². The molecule has 0 spiro atoms. The van der Waals surface area contributed by atoms with E-state index in [1.165, 1.54) is 0 Å². The van der Waals surface area contributed by atoms with E-state index in [2.05, 4.69) is 4.98 Å². The van der Waals surface area contributed by atoms with Gasteiger partial charge in [-0.25, -0.2) is 4.98 Å². The highest BCUT2D eigenvalue weighted by Gasteiger charge is 2.11. The Balaban J connectivity index is 2.38. The summed E-state index contributed by atoms with van der Waals surface area (Å²) in [6.45, 7) is 3.83. The minimum Gasteiger partial charge on any atom is -0.298 e. The van der Waals surface area contributed by atoms with Crippen LogP contribution in [0.3, 0.4) is 0 Å². The predicted octanol–water partition coefficient (Wildman–Crippen LogP) is 3.19. The second kappa shape index (κ2) is 6.09. The Morgan fingerprint density at radius 3 is 2.93 bits per heavy atom. The van der Waals surface area contributed by atoms with Gasteiger partial charge in [-0.1, -0.05) is 23.8 Å². The first-order valence-corrected chi connectivity index (χ1v) is 6.72. The number of pyridine rings is 1. The van der Waals surface area contributed by atoms with E-state index in [4.69, 9.17) is 0 Å². The van der Waals surface area contributed by atoms with Crippen LogP contribution in [-0.2, 0) is 4.79 Å². The number of carbonyl (C=O) groups excluding carboxylic acids is 1. The molecule has 2 nitrogen and oxygen atoms in total. The molecule has 0 bridgehead atoms. The zero-order valence-electron chi connectivity index (χ0n) is 8.27. The average Bonchev–Trinajstić information content (AvgIpc) is 2.26.